The maximum absolute atomic E-state index is 13.3. The molecule has 0 N–H and O–H groups in total. The minimum absolute atomic E-state index is 0.0364. The Morgan fingerprint density at radius 3 is 2.71 bits per heavy atom. The van der Waals surface area contributed by atoms with Gasteiger partial charge in [-0.3, -0.25) is 18.7 Å². The van der Waals surface area contributed by atoms with Crippen molar-refractivity contribution in [3.63, 3.8) is 0 Å². The van der Waals surface area contributed by atoms with Crippen LogP contribution in [0, 0.1) is 13.8 Å². The Hall–Kier alpha value is -2.40. The van der Waals surface area contributed by atoms with Crippen LogP contribution in [0.2, 0.25) is 0 Å². The third-order valence-corrected chi connectivity index (χ3v) is 8.28. The number of amides is 1. The third kappa shape index (κ3) is 4.24. The van der Waals surface area contributed by atoms with Gasteiger partial charge in [0.1, 0.15) is 5.82 Å². The van der Waals surface area contributed by atoms with Gasteiger partial charge in [-0.2, -0.15) is 5.10 Å². The molecule has 10 nitrogen and oxygen atoms in total. The van der Waals surface area contributed by atoms with E-state index in [1.165, 1.54) is 4.68 Å². The van der Waals surface area contributed by atoms with Gasteiger partial charge in [-0.25, -0.2) is 14.5 Å². The monoisotopic (exact) mass is 488 g/mol. The number of aromatic nitrogens is 5. The zero-order valence-electron chi connectivity index (χ0n) is 20.0. The molecule has 2 aromatic rings. The van der Waals surface area contributed by atoms with Crippen LogP contribution in [-0.4, -0.2) is 67.3 Å². The molecule has 0 bridgehead atoms. The van der Waals surface area contributed by atoms with E-state index in [9.17, 15) is 14.4 Å². The van der Waals surface area contributed by atoms with Gasteiger partial charge >= 0.3 is 5.69 Å². The number of likely N-dealkylation sites (tertiary alicyclic amines) is 1. The molecule has 2 fully saturated rings. The van der Waals surface area contributed by atoms with Gasteiger partial charge in [-0.05, 0) is 39.5 Å². The number of fused-ring (bicyclic) bond motifs is 1. The molecule has 1 saturated heterocycles. The minimum Gasteiger partial charge on any atom is -0.383 e. The highest BCUT2D eigenvalue weighted by atomic mass is 32.2. The fourth-order valence-electron chi connectivity index (χ4n) is 4.98. The van der Waals surface area contributed by atoms with Crippen molar-refractivity contribution < 1.29 is 9.53 Å². The molecule has 3 aliphatic rings. The number of thioether (sulfide) groups is 1. The first-order chi connectivity index (χ1) is 16.4. The minimum atomic E-state index is -0.176. The number of carbonyl (C=O) groups excluding carboxylic acids is 1. The summed E-state index contributed by atoms with van der Waals surface area (Å²) in [5, 5.41) is 5.39. The number of hydrogen-bond donors (Lipinski definition) is 0. The SMILES string of the molecule is COCCn1nc(C2CCCN(C(=O)CC3CSc4nc(C)c(C)c(=O)n43)C2)n(C2CC2)c1=O. The Bertz CT molecular complexity index is 1210. The van der Waals surface area contributed by atoms with E-state index in [0.717, 1.165) is 37.2 Å². The summed E-state index contributed by atoms with van der Waals surface area (Å²) in [5.74, 6) is 1.57. The molecule has 2 aliphatic heterocycles. The lowest BCUT2D eigenvalue weighted by molar-refractivity contribution is -0.133. The number of ether oxygens (including phenoxy) is 1. The first kappa shape index (κ1) is 23.3. The fraction of sp³-hybridized carbons (Fsp3) is 0.696. The van der Waals surface area contributed by atoms with Crippen LogP contribution < -0.4 is 11.2 Å². The molecule has 1 amide bonds. The maximum Gasteiger partial charge on any atom is 0.346 e. The average Bonchev–Trinajstić information content (AvgIpc) is 3.51. The van der Waals surface area contributed by atoms with E-state index >= 15 is 0 Å². The molecule has 0 aromatic carbocycles. The Morgan fingerprint density at radius 2 is 1.97 bits per heavy atom. The van der Waals surface area contributed by atoms with Crippen LogP contribution in [-0.2, 0) is 16.1 Å². The summed E-state index contributed by atoms with van der Waals surface area (Å²) < 4.78 is 10.2. The van der Waals surface area contributed by atoms with E-state index in [-0.39, 0.29) is 41.6 Å². The summed E-state index contributed by atoms with van der Waals surface area (Å²) in [6, 6.07) is 0.0491. The number of rotatable bonds is 7. The molecule has 184 valence electrons. The van der Waals surface area contributed by atoms with Gasteiger partial charge in [0.05, 0.1) is 19.2 Å². The smallest absolute Gasteiger partial charge is 0.346 e. The zero-order valence-corrected chi connectivity index (χ0v) is 20.8. The summed E-state index contributed by atoms with van der Waals surface area (Å²) in [7, 11) is 1.61. The molecule has 2 atom stereocenters. The molecular formula is C23H32N6O4S. The van der Waals surface area contributed by atoms with Gasteiger partial charge < -0.3 is 9.64 Å². The topological polar surface area (TPSA) is 104 Å². The second-order valence-corrected chi connectivity index (χ2v) is 10.6. The molecule has 11 heteroatoms. The van der Waals surface area contributed by atoms with Crippen molar-refractivity contribution in [2.75, 3.05) is 32.6 Å². The molecule has 0 spiro atoms. The summed E-state index contributed by atoms with van der Waals surface area (Å²) in [5.41, 5.74) is 1.28. The molecule has 34 heavy (non-hydrogen) atoms. The Balaban J connectivity index is 1.33. The van der Waals surface area contributed by atoms with Crippen LogP contribution in [0.3, 0.4) is 0 Å². The Labute approximate surface area is 202 Å². The third-order valence-electron chi connectivity index (χ3n) is 7.19. The second-order valence-electron chi connectivity index (χ2n) is 9.59. The van der Waals surface area contributed by atoms with Gasteiger partial charge in [0.2, 0.25) is 5.91 Å². The van der Waals surface area contributed by atoms with Gasteiger partial charge in [0.15, 0.2) is 5.16 Å². The predicted octanol–water partition coefficient (Wildman–Crippen LogP) is 1.64. The Kier molecular flexibility index (Phi) is 6.41. The zero-order chi connectivity index (χ0) is 24.0. The molecule has 4 heterocycles. The van der Waals surface area contributed by atoms with E-state index in [4.69, 9.17) is 4.74 Å². The lowest BCUT2D eigenvalue weighted by atomic mass is 9.96. The largest absolute Gasteiger partial charge is 0.383 e. The van der Waals surface area contributed by atoms with E-state index in [1.54, 1.807) is 30.4 Å². The van der Waals surface area contributed by atoms with Crippen LogP contribution >= 0.6 is 11.8 Å². The number of piperidine rings is 1. The molecule has 2 aromatic heterocycles. The predicted molar refractivity (Wildman–Crippen MR) is 128 cm³/mol. The van der Waals surface area contributed by atoms with Crippen LogP contribution in [0.1, 0.15) is 67.2 Å². The van der Waals surface area contributed by atoms with Crippen molar-refractivity contribution in [3.8, 4) is 0 Å². The van der Waals surface area contributed by atoms with E-state index in [2.05, 4.69) is 10.1 Å². The van der Waals surface area contributed by atoms with Crippen LogP contribution in [0.15, 0.2) is 14.7 Å². The number of aryl methyl sites for hydroxylation is 1. The number of methoxy groups -OCH3 is 1. The molecule has 1 aliphatic carbocycles. The lowest BCUT2D eigenvalue weighted by Gasteiger charge is -2.33. The molecule has 0 radical (unpaired) electrons. The normalized spacial score (nSPS) is 22.3. The molecule has 2 unspecified atom stereocenters. The first-order valence-electron chi connectivity index (χ1n) is 12.1. The molecule has 5 rings (SSSR count). The number of carbonyl (C=O) groups is 1. The highest BCUT2D eigenvalue weighted by molar-refractivity contribution is 7.99. The van der Waals surface area contributed by atoms with Gasteiger partial charge in [-0.1, -0.05) is 11.8 Å². The highest BCUT2D eigenvalue weighted by Crippen LogP contribution is 2.38. The van der Waals surface area contributed by atoms with E-state index in [1.807, 2.05) is 16.4 Å². The summed E-state index contributed by atoms with van der Waals surface area (Å²) in [4.78, 5) is 45.6. The van der Waals surface area contributed by atoms with Crippen molar-refractivity contribution in [1.29, 1.82) is 0 Å². The van der Waals surface area contributed by atoms with Gasteiger partial charge in [0.25, 0.3) is 5.56 Å². The van der Waals surface area contributed by atoms with E-state index < -0.39 is 0 Å². The quantitative estimate of drug-likeness (QED) is 0.546. The van der Waals surface area contributed by atoms with Crippen LogP contribution in [0.4, 0.5) is 0 Å². The van der Waals surface area contributed by atoms with Crippen molar-refractivity contribution in [1.82, 2.24) is 28.8 Å². The van der Waals surface area contributed by atoms with E-state index in [0.29, 0.717) is 42.7 Å². The first-order valence-corrected chi connectivity index (χ1v) is 13.1. The second kappa shape index (κ2) is 9.33. The number of hydrogen-bond acceptors (Lipinski definition) is 7. The summed E-state index contributed by atoms with van der Waals surface area (Å²) >= 11 is 1.54. The standard InChI is InChI=1S/C23H32N6O4S/c1-14-15(2)24-22-29(21(14)31)18(13-34-22)11-19(30)26-8-4-5-16(12-26)20-25-27(9-10-33-3)23(32)28(20)17-6-7-17/h16-18H,4-13H2,1-3H3. The average molecular weight is 489 g/mol. The van der Waals surface area contributed by atoms with Gasteiger partial charge in [-0.15, -0.1) is 0 Å². The summed E-state index contributed by atoms with van der Waals surface area (Å²) in [6.45, 7) is 5.75. The van der Waals surface area contributed by atoms with Crippen LogP contribution in [0.25, 0.3) is 0 Å². The summed E-state index contributed by atoms with van der Waals surface area (Å²) in [6.07, 6.45) is 4.06. The highest BCUT2D eigenvalue weighted by Gasteiger charge is 2.36. The maximum atomic E-state index is 13.3. The number of nitrogens with zero attached hydrogens (tertiary/aromatic N) is 6. The van der Waals surface area contributed by atoms with Gasteiger partial charge in [0, 0.05) is 55.6 Å². The molecule has 1 saturated carbocycles. The van der Waals surface area contributed by atoms with Crippen LogP contribution in [0.5, 0.6) is 0 Å². The van der Waals surface area contributed by atoms with Crippen molar-refractivity contribution in [2.45, 2.75) is 75.7 Å². The molecular weight excluding hydrogens is 456 g/mol. The van der Waals surface area contributed by atoms with Crippen molar-refractivity contribution in [3.05, 3.63) is 37.9 Å². The van der Waals surface area contributed by atoms with Crippen molar-refractivity contribution >= 4 is 17.7 Å². The fourth-order valence-corrected chi connectivity index (χ4v) is 6.16. The lowest BCUT2D eigenvalue weighted by Crippen LogP contribution is -2.41. The van der Waals surface area contributed by atoms with Crippen molar-refractivity contribution in [2.24, 2.45) is 0 Å². The Morgan fingerprint density at radius 1 is 1.18 bits per heavy atom.